The molecule has 6 heteroatoms. The van der Waals surface area contributed by atoms with E-state index in [0.29, 0.717) is 0 Å². The highest BCUT2D eigenvalue weighted by Crippen LogP contribution is 2.39. The van der Waals surface area contributed by atoms with Crippen LogP contribution in [0.4, 0.5) is 0 Å². The topological polar surface area (TPSA) is 60.4 Å². The molecular weight excluding hydrogens is 492 g/mol. The Morgan fingerprint density at radius 2 is 1.28 bits per heavy atom. The summed E-state index contributed by atoms with van der Waals surface area (Å²) in [5.74, 6) is -0.380. The third-order valence-corrected chi connectivity index (χ3v) is 8.03. The molecule has 208 valence electrons. The van der Waals surface area contributed by atoms with Crippen molar-refractivity contribution in [3.8, 4) is 5.75 Å². The van der Waals surface area contributed by atoms with Crippen LogP contribution in [-0.4, -0.2) is 14.4 Å². The number of benzene rings is 1. The second kappa shape index (κ2) is 16.0. The minimum absolute atomic E-state index is 0.0316. The van der Waals surface area contributed by atoms with Crippen LogP contribution in [0.2, 0.25) is 0 Å². The van der Waals surface area contributed by atoms with E-state index in [1.54, 1.807) is 12.1 Å². The fourth-order valence-corrected chi connectivity index (χ4v) is 6.05. The standard InChI is InChI=1S/C30H51ClO4S/c1-7-8-9-10-11-12-13-14-15-16-17-18-19-20-28(32)35-26-23-25(21-22-27(26)36(31,33)34)30(5,6)24-29(2,3)4/h21-23H,7-20,24H2,1-6H3. The molecule has 36 heavy (non-hydrogen) atoms. The summed E-state index contributed by atoms with van der Waals surface area (Å²) in [6.07, 6.45) is 17.2. The first-order valence-electron chi connectivity index (χ1n) is 14.1. The molecule has 0 bridgehead atoms. The lowest BCUT2D eigenvalue weighted by molar-refractivity contribution is -0.134. The largest absolute Gasteiger partial charge is 0.425 e. The van der Waals surface area contributed by atoms with Gasteiger partial charge in [0, 0.05) is 17.1 Å². The number of hydrogen-bond acceptors (Lipinski definition) is 4. The monoisotopic (exact) mass is 542 g/mol. The third-order valence-electron chi connectivity index (χ3n) is 6.67. The van der Waals surface area contributed by atoms with Crippen LogP contribution < -0.4 is 4.74 Å². The van der Waals surface area contributed by atoms with E-state index in [9.17, 15) is 13.2 Å². The van der Waals surface area contributed by atoms with Crippen molar-refractivity contribution in [1.29, 1.82) is 0 Å². The molecule has 0 radical (unpaired) electrons. The van der Waals surface area contributed by atoms with Gasteiger partial charge in [-0.2, -0.15) is 0 Å². The van der Waals surface area contributed by atoms with Crippen LogP contribution >= 0.6 is 10.7 Å². The molecule has 0 atom stereocenters. The number of carbonyl (C=O) groups is 1. The van der Waals surface area contributed by atoms with Crippen LogP contribution in [0.5, 0.6) is 5.75 Å². The molecule has 0 saturated carbocycles. The van der Waals surface area contributed by atoms with E-state index >= 15 is 0 Å². The number of esters is 1. The lowest BCUT2D eigenvalue weighted by Crippen LogP contribution is -2.25. The Bertz CT molecular complexity index is 885. The zero-order valence-corrected chi connectivity index (χ0v) is 25.3. The number of halogens is 1. The molecule has 0 unspecified atom stereocenters. The molecule has 0 aliphatic rings. The van der Waals surface area contributed by atoms with Crippen molar-refractivity contribution in [1.82, 2.24) is 0 Å². The zero-order valence-electron chi connectivity index (χ0n) is 23.8. The van der Waals surface area contributed by atoms with Gasteiger partial charge in [-0.25, -0.2) is 8.42 Å². The number of unbranched alkanes of at least 4 members (excludes halogenated alkanes) is 12. The maximum atomic E-state index is 12.5. The first-order chi connectivity index (χ1) is 16.8. The highest BCUT2D eigenvalue weighted by atomic mass is 35.7. The fraction of sp³-hybridized carbons (Fsp3) is 0.767. The van der Waals surface area contributed by atoms with E-state index in [1.165, 1.54) is 70.3 Å². The van der Waals surface area contributed by atoms with Gasteiger partial charge in [-0.1, -0.05) is 125 Å². The van der Waals surface area contributed by atoms with Gasteiger partial charge < -0.3 is 4.74 Å². The van der Waals surface area contributed by atoms with E-state index in [2.05, 4.69) is 41.5 Å². The minimum atomic E-state index is -4.03. The lowest BCUT2D eigenvalue weighted by Gasteiger charge is -2.33. The van der Waals surface area contributed by atoms with Gasteiger partial charge >= 0.3 is 5.97 Å². The molecule has 0 spiro atoms. The molecule has 1 aromatic rings. The summed E-state index contributed by atoms with van der Waals surface area (Å²) in [7, 11) is 1.61. The Hall–Kier alpha value is -1.07. The number of rotatable bonds is 18. The average Bonchev–Trinajstić information content (AvgIpc) is 2.74. The molecule has 0 aliphatic heterocycles. The van der Waals surface area contributed by atoms with Gasteiger partial charge in [-0.3, -0.25) is 4.79 Å². The molecule has 0 heterocycles. The zero-order chi connectivity index (χ0) is 27.2. The molecular formula is C30H51ClO4S. The SMILES string of the molecule is CCCCCCCCCCCCCCCC(=O)Oc1cc(C(C)(C)CC(C)(C)C)ccc1S(=O)(=O)Cl. The Labute approximate surface area is 226 Å². The predicted molar refractivity (Wildman–Crippen MR) is 153 cm³/mol. The molecule has 0 aliphatic carbocycles. The van der Waals surface area contributed by atoms with Crippen LogP contribution in [0.15, 0.2) is 23.1 Å². The fourth-order valence-electron chi connectivity index (χ4n) is 5.10. The van der Waals surface area contributed by atoms with Crippen LogP contribution in [0.3, 0.4) is 0 Å². The van der Waals surface area contributed by atoms with Crippen molar-refractivity contribution in [2.45, 2.75) is 148 Å². The summed E-state index contributed by atoms with van der Waals surface area (Å²) in [5.41, 5.74) is 0.791. The van der Waals surface area contributed by atoms with Crippen molar-refractivity contribution >= 4 is 25.7 Å². The van der Waals surface area contributed by atoms with Crippen LogP contribution in [-0.2, 0) is 19.3 Å². The maximum Gasteiger partial charge on any atom is 0.311 e. The maximum absolute atomic E-state index is 12.5. The summed E-state index contributed by atoms with van der Waals surface area (Å²) in [6.45, 7) is 13.0. The van der Waals surface area contributed by atoms with Gasteiger partial charge in [0.05, 0.1) is 0 Å². The van der Waals surface area contributed by atoms with Gasteiger partial charge in [0.25, 0.3) is 9.05 Å². The van der Waals surface area contributed by atoms with E-state index < -0.39 is 15.0 Å². The summed E-state index contributed by atoms with van der Waals surface area (Å²) in [6, 6.07) is 4.89. The average molecular weight is 543 g/mol. The Balaban J connectivity index is 2.48. The lowest BCUT2D eigenvalue weighted by atomic mass is 9.72. The summed E-state index contributed by atoms with van der Waals surface area (Å²) in [4.78, 5) is 12.4. The Morgan fingerprint density at radius 3 is 1.72 bits per heavy atom. The first kappa shape index (κ1) is 33.0. The first-order valence-corrected chi connectivity index (χ1v) is 16.4. The second-order valence-corrected chi connectivity index (χ2v) is 14.7. The molecule has 4 nitrogen and oxygen atoms in total. The molecule has 0 fully saturated rings. The van der Waals surface area contributed by atoms with Crippen molar-refractivity contribution in [2.75, 3.05) is 0 Å². The molecule has 0 amide bonds. The highest BCUT2D eigenvalue weighted by Gasteiger charge is 2.29. The smallest absolute Gasteiger partial charge is 0.311 e. The predicted octanol–water partition coefficient (Wildman–Crippen LogP) is 9.71. The molecule has 1 rings (SSSR count). The molecule has 0 saturated heterocycles. The van der Waals surface area contributed by atoms with E-state index in [0.717, 1.165) is 31.2 Å². The van der Waals surface area contributed by atoms with Crippen LogP contribution in [0, 0.1) is 5.41 Å². The van der Waals surface area contributed by atoms with Crippen molar-refractivity contribution in [3.63, 3.8) is 0 Å². The van der Waals surface area contributed by atoms with Gasteiger partial charge in [0.15, 0.2) is 5.75 Å². The van der Waals surface area contributed by atoms with Crippen molar-refractivity contribution in [3.05, 3.63) is 23.8 Å². The minimum Gasteiger partial charge on any atom is -0.425 e. The van der Waals surface area contributed by atoms with E-state index in [1.807, 2.05) is 0 Å². The number of ether oxygens (including phenoxy) is 1. The van der Waals surface area contributed by atoms with Gasteiger partial charge in [-0.05, 0) is 41.4 Å². The third kappa shape index (κ3) is 14.0. The van der Waals surface area contributed by atoms with Gasteiger partial charge in [0.2, 0.25) is 0 Å². The van der Waals surface area contributed by atoms with Crippen LogP contribution in [0.25, 0.3) is 0 Å². The summed E-state index contributed by atoms with van der Waals surface area (Å²) >= 11 is 0. The summed E-state index contributed by atoms with van der Waals surface area (Å²) < 4.78 is 29.7. The number of hydrogen-bond donors (Lipinski definition) is 0. The molecule has 0 aromatic heterocycles. The van der Waals surface area contributed by atoms with E-state index in [-0.39, 0.29) is 27.9 Å². The van der Waals surface area contributed by atoms with Crippen molar-refractivity contribution in [2.24, 2.45) is 5.41 Å². The number of carbonyl (C=O) groups excluding carboxylic acids is 1. The Kier molecular flexibility index (Phi) is 14.7. The van der Waals surface area contributed by atoms with E-state index in [4.69, 9.17) is 15.4 Å². The Morgan fingerprint density at radius 1 is 0.806 bits per heavy atom. The van der Waals surface area contributed by atoms with Gasteiger partial charge in [0.1, 0.15) is 4.90 Å². The summed E-state index contributed by atoms with van der Waals surface area (Å²) in [5, 5.41) is 0. The normalized spacial score (nSPS) is 12.6. The molecule has 1 aromatic carbocycles. The highest BCUT2D eigenvalue weighted by molar-refractivity contribution is 8.13. The second-order valence-electron chi connectivity index (χ2n) is 12.2. The molecule has 0 N–H and O–H groups in total. The van der Waals surface area contributed by atoms with Gasteiger partial charge in [-0.15, -0.1) is 0 Å². The van der Waals surface area contributed by atoms with Crippen LogP contribution in [0.1, 0.15) is 143 Å². The quantitative estimate of drug-likeness (QED) is 0.0801. The van der Waals surface area contributed by atoms with Crippen molar-refractivity contribution < 1.29 is 17.9 Å².